The van der Waals surface area contributed by atoms with Gasteiger partial charge in [-0.15, -0.1) is 0 Å². The van der Waals surface area contributed by atoms with Crippen LogP contribution < -0.4 is 9.57 Å². The van der Waals surface area contributed by atoms with Gasteiger partial charge < -0.3 is 9.15 Å². The number of methoxy groups -OCH3 is 1. The van der Waals surface area contributed by atoms with E-state index < -0.39 is 14.9 Å². The lowest BCUT2D eigenvalue weighted by Crippen LogP contribution is -2.18. The predicted molar refractivity (Wildman–Crippen MR) is 106 cm³/mol. The maximum absolute atomic E-state index is 12.2. The van der Waals surface area contributed by atoms with Gasteiger partial charge in [0.05, 0.1) is 34.8 Å². The van der Waals surface area contributed by atoms with Crippen LogP contribution in [0.3, 0.4) is 0 Å². The lowest BCUT2D eigenvalue weighted by atomic mass is 10.1. The highest BCUT2D eigenvalue weighted by Crippen LogP contribution is 2.33. The van der Waals surface area contributed by atoms with E-state index in [0.717, 1.165) is 5.56 Å². The zero-order valence-corrected chi connectivity index (χ0v) is 16.3. The van der Waals surface area contributed by atoms with Crippen LogP contribution in [0.4, 0.5) is 5.69 Å². The Labute approximate surface area is 166 Å². The van der Waals surface area contributed by atoms with E-state index in [1.807, 2.05) is 6.92 Å². The van der Waals surface area contributed by atoms with Gasteiger partial charge in [-0.3, -0.25) is 10.1 Å². The number of nitrogens with one attached hydrogen (secondary N) is 1. The van der Waals surface area contributed by atoms with Crippen molar-refractivity contribution in [1.82, 2.24) is 4.83 Å². The van der Waals surface area contributed by atoms with E-state index in [4.69, 9.17) is 9.15 Å². The normalized spacial score (nSPS) is 11.5. The van der Waals surface area contributed by atoms with Crippen LogP contribution in [0, 0.1) is 17.0 Å². The summed E-state index contributed by atoms with van der Waals surface area (Å²) in [4.78, 5) is 12.9. The van der Waals surface area contributed by atoms with E-state index in [9.17, 15) is 18.5 Å². The molecule has 0 saturated carbocycles. The molecule has 1 heterocycles. The van der Waals surface area contributed by atoms with Crippen molar-refractivity contribution in [1.29, 1.82) is 0 Å². The number of hydrogen-bond acceptors (Lipinski definition) is 7. The van der Waals surface area contributed by atoms with Crippen molar-refractivity contribution >= 4 is 21.9 Å². The molecule has 1 aromatic heterocycles. The molecule has 10 heteroatoms. The van der Waals surface area contributed by atoms with Gasteiger partial charge in [0.15, 0.2) is 0 Å². The van der Waals surface area contributed by atoms with Crippen LogP contribution >= 0.6 is 0 Å². The van der Waals surface area contributed by atoms with E-state index >= 15 is 0 Å². The molecule has 0 atom stereocenters. The first-order chi connectivity index (χ1) is 13.8. The van der Waals surface area contributed by atoms with Gasteiger partial charge >= 0.3 is 0 Å². The molecular formula is C19H17N3O6S. The summed E-state index contributed by atoms with van der Waals surface area (Å²) in [6.07, 6.45) is 1.17. The van der Waals surface area contributed by atoms with Crippen LogP contribution in [-0.2, 0) is 10.0 Å². The summed E-state index contributed by atoms with van der Waals surface area (Å²) in [7, 11) is -2.40. The molecular weight excluding hydrogens is 398 g/mol. The van der Waals surface area contributed by atoms with Crippen LogP contribution in [0.5, 0.6) is 5.75 Å². The van der Waals surface area contributed by atoms with Crippen LogP contribution in [0.25, 0.3) is 11.3 Å². The summed E-state index contributed by atoms with van der Waals surface area (Å²) in [6.45, 7) is 1.85. The molecule has 9 nitrogen and oxygen atoms in total. The van der Waals surface area contributed by atoms with Gasteiger partial charge in [0.1, 0.15) is 17.3 Å². The number of hydrazone groups is 1. The van der Waals surface area contributed by atoms with E-state index in [1.54, 1.807) is 18.2 Å². The maximum atomic E-state index is 12.2. The first kappa shape index (κ1) is 20.1. The number of sulfonamides is 1. The molecule has 0 saturated heterocycles. The molecule has 3 rings (SSSR count). The van der Waals surface area contributed by atoms with Gasteiger partial charge in [0.2, 0.25) is 0 Å². The Hall–Kier alpha value is -3.66. The zero-order valence-electron chi connectivity index (χ0n) is 15.5. The number of hydrogen-bond donors (Lipinski definition) is 1. The van der Waals surface area contributed by atoms with Crippen LogP contribution in [0.1, 0.15) is 11.3 Å². The summed E-state index contributed by atoms with van der Waals surface area (Å²) in [5.41, 5.74) is 1.01. The topological polar surface area (TPSA) is 124 Å². The third-order valence-electron chi connectivity index (χ3n) is 3.99. The Balaban J connectivity index is 1.79. The Kier molecular flexibility index (Phi) is 5.64. The van der Waals surface area contributed by atoms with Crippen LogP contribution in [0.2, 0.25) is 0 Å². The highest BCUT2D eigenvalue weighted by molar-refractivity contribution is 7.89. The molecule has 0 spiro atoms. The van der Waals surface area contributed by atoms with Crippen LogP contribution in [-0.4, -0.2) is 26.7 Å². The molecule has 0 bridgehead atoms. The first-order valence-corrected chi connectivity index (χ1v) is 9.82. The van der Waals surface area contributed by atoms with Crippen LogP contribution in [0.15, 0.2) is 69.0 Å². The monoisotopic (exact) mass is 415 g/mol. The molecule has 0 aliphatic rings. The third-order valence-corrected chi connectivity index (χ3v) is 5.23. The number of aryl methyl sites for hydroxylation is 1. The smallest absolute Gasteiger partial charge is 0.284 e. The molecule has 0 aliphatic carbocycles. The van der Waals surface area contributed by atoms with Crippen molar-refractivity contribution in [2.24, 2.45) is 5.10 Å². The fraction of sp³-hybridized carbons (Fsp3) is 0.105. The second kappa shape index (κ2) is 8.15. The van der Waals surface area contributed by atoms with E-state index in [-0.39, 0.29) is 27.7 Å². The predicted octanol–water partition coefficient (Wildman–Crippen LogP) is 3.48. The number of ether oxygens (including phenoxy) is 1. The fourth-order valence-corrected chi connectivity index (χ4v) is 3.29. The largest absolute Gasteiger partial charge is 0.497 e. The summed E-state index contributed by atoms with van der Waals surface area (Å²) < 4.78 is 34.9. The number of rotatable bonds is 7. The van der Waals surface area contributed by atoms with Crippen molar-refractivity contribution in [3.8, 4) is 17.1 Å². The Morgan fingerprint density at radius 3 is 2.52 bits per heavy atom. The lowest BCUT2D eigenvalue weighted by molar-refractivity contribution is -0.384. The average molecular weight is 415 g/mol. The highest BCUT2D eigenvalue weighted by Gasteiger charge is 2.19. The standard InChI is InChI=1S/C19H17N3O6S/c1-13-3-7-16(8-4-13)29(25,26)21-20-12-15-6-10-19(28-15)17-9-5-14(27-2)11-18(17)22(23)24/h3-12,21H,1-2H3/b20-12-. The Morgan fingerprint density at radius 1 is 1.14 bits per heavy atom. The zero-order chi connectivity index (χ0) is 21.0. The van der Waals surface area contributed by atoms with Crippen molar-refractivity contribution in [3.05, 3.63) is 76.0 Å². The number of nitro groups is 1. The molecule has 0 aliphatic heterocycles. The Morgan fingerprint density at radius 2 is 1.86 bits per heavy atom. The van der Waals surface area contributed by atoms with Crippen molar-refractivity contribution in [3.63, 3.8) is 0 Å². The van der Waals surface area contributed by atoms with E-state index in [1.165, 1.54) is 49.7 Å². The number of nitro benzene ring substituents is 1. The van der Waals surface area contributed by atoms with Gasteiger partial charge in [-0.2, -0.15) is 18.4 Å². The minimum absolute atomic E-state index is 0.0780. The molecule has 0 amide bonds. The quantitative estimate of drug-likeness (QED) is 0.358. The van der Waals surface area contributed by atoms with E-state index in [2.05, 4.69) is 9.93 Å². The highest BCUT2D eigenvalue weighted by atomic mass is 32.2. The molecule has 0 unspecified atom stereocenters. The number of furan rings is 1. The summed E-state index contributed by atoms with van der Waals surface area (Å²) >= 11 is 0. The maximum Gasteiger partial charge on any atom is 0.284 e. The van der Waals surface area contributed by atoms with Gasteiger partial charge in [0, 0.05) is 0 Å². The minimum atomic E-state index is -3.81. The molecule has 0 radical (unpaired) electrons. The Bertz CT molecular complexity index is 1170. The second-order valence-corrected chi connectivity index (χ2v) is 7.67. The third kappa shape index (κ3) is 4.61. The van der Waals surface area contributed by atoms with Crippen molar-refractivity contribution < 1.29 is 22.5 Å². The molecule has 150 valence electrons. The summed E-state index contributed by atoms with van der Waals surface area (Å²) in [5.74, 6) is 0.804. The SMILES string of the molecule is COc1ccc(-c2ccc(/C=N\NS(=O)(=O)c3ccc(C)cc3)o2)c([N+](=O)[O-])c1. The lowest BCUT2D eigenvalue weighted by Gasteiger charge is -2.03. The van der Waals surface area contributed by atoms with Crippen molar-refractivity contribution in [2.45, 2.75) is 11.8 Å². The fourth-order valence-electron chi connectivity index (χ4n) is 2.49. The second-order valence-electron chi connectivity index (χ2n) is 6.01. The molecule has 1 N–H and O–H groups in total. The molecule has 0 fully saturated rings. The number of nitrogens with zero attached hydrogens (tertiary/aromatic N) is 2. The minimum Gasteiger partial charge on any atom is -0.497 e. The van der Waals surface area contributed by atoms with E-state index in [0.29, 0.717) is 5.75 Å². The van der Waals surface area contributed by atoms with Gasteiger partial charge in [-0.1, -0.05) is 17.7 Å². The molecule has 3 aromatic rings. The molecule has 29 heavy (non-hydrogen) atoms. The van der Waals surface area contributed by atoms with Gasteiger partial charge in [-0.05, 0) is 43.3 Å². The summed E-state index contributed by atoms with van der Waals surface area (Å²) in [6, 6.07) is 13.7. The average Bonchev–Trinajstić information content (AvgIpc) is 3.16. The van der Waals surface area contributed by atoms with Gasteiger partial charge in [0.25, 0.3) is 15.7 Å². The summed E-state index contributed by atoms with van der Waals surface area (Å²) in [5, 5.41) is 15.0. The number of benzene rings is 2. The first-order valence-electron chi connectivity index (χ1n) is 8.34. The molecule has 2 aromatic carbocycles. The van der Waals surface area contributed by atoms with Gasteiger partial charge in [-0.25, -0.2) is 0 Å². The van der Waals surface area contributed by atoms with Crippen molar-refractivity contribution in [2.75, 3.05) is 7.11 Å².